The molecule has 0 aliphatic heterocycles. The molecule has 0 atom stereocenters. The third kappa shape index (κ3) is 3.63. The summed E-state index contributed by atoms with van der Waals surface area (Å²) < 4.78 is 4.37. The lowest BCUT2D eigenvalue weighted by molar-refractivity contribution is 1.16. The van der Waals surface area contributed by atoms with Crippen molar-refractivity contribution in [2.75, 3.05) is 0 Å². The first-order valence-electron chi connectivity index (χ1n) is 14.2. The van der Waals surface area contributed by atoms with Crippen molar-refractivity contribution in [1.82, 2.24) is 9.13 Å². The molecular weight excluding hydrogens is 538 g/mol. The first kappa shape index (κ1) is 25.1. The van der Waals surface area contributed by atoms with Crippen molar-refractivity contribution in [3.8, 4) is 40.7 Å². The van der Waals surface area contributed by atoms with Crippen LogP contribution in [0.2, 0.25) is 0 Å². The van der Waals surface area contributed by atoms with Gasteiger partial charge < -0.3 is 9.13 Å². The highest BCUT2D eigenvalue weighted by molar-refractivity contribution is 6.11. The van der Waals surface area contributed by atoms with Gasteiger partial charge in [-0.3, -0.25) is 0 Å². The fraction of sp³-hybridized carbons (Fsp3) is 0. The fourth-order valence-corrected chi connectivity index (χ4v) is 6.50. The first-order valence-corrected chi connectivity index (χ1v) is 14.2. The molecule has 202 valence electrons. The van der Waals surface area contributed by atoms with Gasteiger partial charge in [0.15, 0.2) is 0 Å². The summed E-state index contributed by atoms with van der Waals surface area (Å²) in [5.74, 6) is 0. The van der Waals surface area contributed by atoms with Crippen LogP contribution in [0.4, 0.5) is 0 Å². The SMILES string of the molecule is N#Cc1ccc2c(c1)c1cc(C#N)ccc1n2-c1c(C#N)cccc1-c1ccc(-n2c3ccccc3c3ccccc32)cc1. The quantitative estimate of drug-likeness (QED) is 0.216. The summed E-state index contributed by atoms with van der Waals surface area (Å²) in [4.78, 5) is 0. The van der Waals surface area contributed by atoms with E-state index in [1.54, 1.807) is 12.1 Å². The molecule has 5 nitrogen and oxygen atoms in total. The monoisotopic (exact) mass is 559 g/mol. The Hall–Kier alpha value is -6.61. The molecule has 0 aliphatic rings. The summed E-state index contributed by atoms with van der Waals surface area (Å²) in [6.07, 6.45) is 0. The van der Waals surface area contributed by atoms with Crippen LogP contribution in [-0.2, 0) is 0 Å². The van der Waals surface area contributed by atoms with Gasteiger partial charge >= 0.3 is 0 Å². The molecule has 0 saturated carbocycles. The molecule has 0 bridgehead atoms. The van der Waals surface area contributed by atoms with Gasteiger partial charge in [0.05, 0.1) is 56.6 Å². The van der Waals surface area contributed by atoms with Gasteiger partial charge in [0, 0.05) is 32.8 Å². The molecule has 0 saturated heterocycles. The Bertz CT molecular complexity index is 2450. The predicted molar refractivity (Wildman–Crippen MR) is 175 cm³/mol. The van der Waals surface area contributed by atoms with Gasteiger partial charge in [-0.05, 0) is 72.3 Å². The summed E-state index contributed by atoms with van der Waals surface area (Å²) in [5.41, 5.74) is 9.30. The van der Waals surface area contributed by atoms with E-state index in [0.29, 0.717) is 16.7 Å². The Morgan fingerprint density at radius 1 is 0.432 bits per heavy atom. The van der Waals surface area contributed by atoms with Crippen molar-refractivity contribution in [2.24, 2.45) is 0 Å². The van der Waals surface area contributed by atoms with Crippen molar-refractivity contribution in [1.29, 1.82) is 15.8 Å². The first-order chi connectivity index (χ1) is 21.7. The van der Waals surface area contributed by atoms with Crippen molar-refractivity contribution < 1.29 is 0 Å². The molecule has 8 rings (SSSR count). The number of para-hydroxylation sites is 3. The van der Waals surface area contributed by atoms with E-state index in [0.717, 1.165) is 55.3 Å². The Morgan fingerprint density at radius 2 is 0.977 bits per heavy atom. The van der Waals surface area contributed by atoms with Gasteiger partial charge in [0.25, 0.3) is 0 Å². The lowest BCUT2D eigenvalue weighted by atomic mass is 9.99. The number of fused-ring (bicyclic) bond motifs is 6. The topological polar surface area (TPSA) is 81.2 Å². The smallest absolute Gasteiger partial charge is 0.101 e. The van der Waals surface area contributed by atoms with Crippen LogP contribution >= 0.6 is 0 Å². The van der Waals surface area contributed by atoms with Crippen LogP contribution in [0.5, 0.6) is 0 Å². The molecule has 0 fully saturated rings. The summed E-state index contributed by atoms with van der Waals surface area (Å²) in [6.45, 7) is 0. The van der Waals surface area contributed by atoms with Gasteiger partial charge in [0.1, 0.15) is 6.07 Å². The Labute approximate surface area is 252 Å². The molecule has 0 spiro atoms. The number of nitriles is 3. The molecule has 0 amide bonds. The maximum Gasteiger partial charge on any atom is 0.101 e. The molecule has 44 heavy (non-hydrogen) atoms. The van der Waals surface area contributed by atoms with Crippen molar-refractivity contribution in [3.05, 3.63) is 144 Å². The van der Waals surface area contributed by atoms with E-state index in [-0.39, 0.29) is 0 Å². The third-order valence-corrected chi connectivity index (χ3v) is 8.42. The Balaban J connectivity index is 1.37. The molecule has 0 aliphatic carbocycles. The molecular formula is C39H21N5. The van der Waals surface area contributed by atoms with Crippen molar-refractivity contribution >= 4 is 43.6 Å². The van der Waals surface area contributed by atoms with E-state index in [1.807, 2.05) is 42.5 Å². The lowest BCUT2D eigenvalue weighted by Gasteiger charge is -2.16. The average molecular weight is 560 g/mol. The van der Waals surface area contributed by atoms with Gasteiger partial charge in [-0.25, -0.2) is 0 Å². The standard InChI is InChI=1S/C39H21N5/c40-22-25-12-18-37-33(20-25)34-21-26(23-41)13-19-38(34)44(37)39-28(24-42)6-5-9-30(39)27-14-16-29(17-15-27)43-35-10-3-1-7-31(35)32-8-2-4-11-36(32)43/h1-21H. The van der Waals surface area contributed by atoms with E-state index in [9.17, 15) is 15.8 Å². The van der Waals surface area contributed by atoms with E-state index in [2.05, 4.69) is 100 Å². The van der Waals surface area contributed by atoms with Crippen molar-refractivity contribution in [2.45, 2.75) is 0 Å². The number of benzene rings is 6. The zero-order valence-electron chi connectivity index (χ0n) is 23.4. The summed E-state index contributed by atoms with van der Waals surface area (Å²) >= 11 is 0. The van der Waals surface area contributed by atoms with Crippen LogP contribution in [0.15, 0.2) is 127 Å². The summed E-state index contributed by atoms with van der Waals surface area (Å²) in [7, 11) is 0. The van der Waals surface area contributed by atoms with Crippen LogP contribution in [0, 0.1) is 34.0 Å². The maximum absolute atomic E-state index is 10.3. The molecule has 6 aromatic carbocycles. The number of nitrogens with zero attached hydrogens (tertiary/aromatic N) is 5. The summed E-state index contributed by atoms with van der Waals surface area (Å²) in [5, 5.41) is 33.7. The average Bonchev–Trinajstić information content (AvgIpc) is 3.60. The molecule has 2 aromatic heterocycles. The van der Waals surface area contributed by atoms with Gasteiger partial charge in [-0.2, -0.15) is 15.8 Å². The van der Waals surface area contributed by atoms with Crippen LogP contribution in [-0.4, -0.2) is 9.13 Å². The fourth-order valence-electron chi connectivity index (χ4n) is 6.50. The predicted octanol–water partition coefficient (Wildman–Crippen LogP) is 9.16. The lowest BCUT2D eigenvalue weighted by Crippen LogP contribution is -2.01. The normalized spacial score (nSPS) is 11.1. The van der Waals surface area contributed by atoms with E-state index in [4.69, 9.17) is 0 Å². The van der Waals surface area contributed by atoms with E-state index >= 15 is 0 Å². The van der Waals surface area contributed by atoms with Crippen LogP contribution in [0.3, 0.4) is 0 Å². The number of rotatable bonds is 3. The van der Waals surface area contributed by atoms with Gasteiger partial charge in [-0.1, -0.05) is 60.7 Å². The van der Waals surface area contributed by atoms with Gasteiger partial charge in [0.2, 0.25) is 0 Å². The minimum absolute atomic E-state index is 0.529. The molecule has 2 heterocycles. The van der Waals surface area contributed by atoms with E-state index < -0.39 is 0 Å². The Kier molecular flexibility index (Phi) is 5.56. The van der Waals surface area contributed by atoms with Crippen LogP contribution in [0.1, 0.15) is 16.7 Å². The zero-order valence-corrected chi connectivity index (χ0v) is 23.4. The highest BCUT2D eigenvalue weighted by Crippen LogP contribution is 2.39. The molecule has 5 heteroatoms. The van der Waals surface area contributed by atoms with Crippen LogP contribution < -0.4 is 0 Å². The molecule has 0 radical (unpaired) electrons. The summed E-state index contributed by atoms with van der Waals surface area (Å²) in [6, 6.07) is 49.1. The third-order valence-electron chi connectivity index (χ3n) is 8.42. The van der Waals surface area contributed by atoms with Gasteiger partial charge in [-0.15, -0.1) is 0 Å². The highest BCUT2D eigenvalue weighted by Gasteiger charge is 2.20. The zero-order chi connectivity index (χ0) is 29.8. The maximum atomic E-state index is 10.3. The van der Waals surface area contributed by atoms with E-state index in [1.165, 1.54) is 10.8 Å². The second-order valence-corrected chi connectivity index (χ2v) is 10.8. The molecule has 0 N–H and O–H groups in total. The largest absolute Gasteiger partial charge is 0.309 e. The van der Waals surface area contributed by atoms with Crippen molar-refractivity contribution in [3.63, 3.8) is 0 Å². The second-order valence-electron chi connectivity index (χ2n) is 10.8. The minimum Gasteiger partial charge on any atom is -0.309 e. The second kappa shape index (κ2) is 9.74. The molecule has 0 unspecified atom stereocenters. The molecule has 8 aromatic rings. The Morgan fingerprint density at radius 3 is 1.52 bits per heavy atom. The minimum atomic E-state index is 0.529. The number of hydrogen-bond donors (Lipinski definition) is 0. The van der Waals surface area contributed by atoms with Crippen LogP contribution in [0.25, 0.3) is 66.1 Å². The number of aromatic nitrogens is 2. The highest BCUT2D eigenvalue weighted by atomic mass is 15.0. The number of hydrogen-bond acceptors (Lipinski definition) is 3.